The monoisotopic (exact) mass is 316 g/mol. The van der Waals surface area contributed by atoms with E-state index in [2.05, 4.69) is 18.5 Å². The topological polar surface area (TPSA) is 41.6 Å². The Labute approximate surface area is 134 Å². The van der Waals surface area contributed by atoms with E-state index in [0.29, 0.717) is 12.0 Å². The molecule has 5 heteroatoms. The molecule has 0 aliphatic carbocycles. The SMILES string of the molecule is CSCCC(C)NCC1CCN(C(=O)OC(C)(C)C)CC1. The molecule has 1 saturated heterocycles. The van der Waals surface area contributed by atoms with Gasteiger partial charge < -0.3 is 15.0 Å². The predicted octanol–water partition coefficient (Wildman–Crippen LogP) is 3.36. The minimum absolute atomic E-state index is 0.165. The second kappa shape index (κ2) is 8.89. The molecule has 1 aliphatic rings. The first-order chi connectivity index (χ1) is 9.81. The maximum Gasteiger partial charge on any atom is 0.410 e. The van der Waals surface area contributed by atoms with Crippen molar-refractivity contribution in [3.63, 3.8) is 0 Å². The number of amides is 1. The molecular formula is C16H32N2O2S. The van der Waals surface area contributed by atoms with E-state index < -0.39 is 5.60 Å². The van der Waals surface area contributed by atoms with Crippen molar-refractivity contribution in [3.8, 4) is 0 Å². The molecule has 0 saturated carbocycles. The Morgan fingerprint density at radius 1 is 1.38 bits per heavy atom. The minimum atomic E-state index is -0.401. The zero-order chi connectivity index (χ0) is 15.9. The van der Waals surface area contributed by atoms with Crippen molar-refractivity contribution in [2.75, 3.05) is 31.6 Å². The molecule has 1 rings (SSSR count). The van der Waals surface area contributed by atoms with Crippen molar-refractivity contribution >= 4 is 17.9 Å². The van der Waals surface area contributed by atoms with E-state index in [4.69, 9.17) is 4.74 Å². The summed E-state index contributed by atoms with van der Waals surface area (Å²) in [6.45, 7) is 10.7. The van der Waals surface area contributed by atoms with Crippen LogP contribution in [0.3, 0.4) is 0 Å². The Morgan fingerprint density at radius 3 is 2.52 bits per heavy atom. The highest BCUT2D eigenvalue weighted by Gasteiger charge is 2.26. The summed E-state index contributed by atoms with van der Waals surface area (Å²) >= 11 is 1.90. The number of thioether (sulfide) groups is 1. The molecule has 124 valence electrons. The fraction of sp³-hybridized carbons (Fsp3) is 0.938. The van der Waals surface area contributed by atoms with Crippen LogP contribution in [0.5, 0.6) is 0 Å². The molecule has 0 bridgehead atoms. The zero-order valence-corrected chi connectivity index (χ0v) is 15.1. The van der Waals surface area contributed by atoms with Crippen LogP contribution in [-0.4, -0.2) is 54.3 Å². The second-order valence-corrected chi connectivity index (χ2v) is 7.99. The van der Waals surface area contributed by atoms with Crippen LogP contribution in [0.25, 0.3) is 0 Å². The molecule has 1 unspecified atom stereocenters. The smallest absolute Gasteiger partial charge is 0.410 e. The van der Waals surface area contributed by atoms with Gasteiger partial charge in [0.05, 0.1) is 0 Å². The lowest BCUT2D eigenvalue weighted by molar-refractivity contribution is 0.0183. The maximum atomic E-state index is 12.0. The molecule has 1 amide bonds. The van der Waals surface area contributed by atoms with Gasteiger partial charge >= 0.3 is 6.09 Å². The molecule has 1 aliphatic heterocycles. The summed E-state index contributed by atoms with van der Waals surface area (Å²) in [5.41, 5.74) is -0.401. The Balaban J connectivity index is 2.21. The molecule has 0 aromatic rings. The van der Waals surface area contributed by atoms with Crippen LogP contribution < -0.4 is 5.32 Å². The van der Waals surface area contributed by atoms with Gasteiger partial charge in [-0.15, -0.1) is 0 Å². The number of likely N-dealkylation sites (tertiary alicyclic amines) is 1. The van der Waals surface area contributed by atoms with Gasteiger partial charge in [0.1, 0.15) is 5.60 Å². The number of piperidine rings is 1. The van der Waals surface area contributed by atoms with Gasteiger partial charge in [-0.1, -0.05) is 0 Å². The summed E-state index contributed by atoms with van der Waals surface area (Å²) in [5.74, 6) is 1.89. The van der Waals surface area contributed by atoms with Crippen LogP contribution in [0.15, 0.2) is 0 Å². The van der Waals surface area contributed by atoms with E-state index in [1.165, 1.54) is 12.2 Å². The Bertz CT molecular complexity index is 310. The van der Waals surface area contributed by atoms with E-state index >= 15 is 0 Å². The molecular weight excluding hydrogens is 284 g/mol. The second-order valence-electron chi connectivity index (χ2n) is 7.00. The summed E-state index contributed by atoms with van der Waals surface area (Å²) in [5, 5.41) is 3.62. The molecule has 1 fully saturated rings. The third-order valence-electron chi connectivity index (χ3n) is 3.78. The number of nitrogens with one attached hydrogen (secondary N) is 1. The highest BCUT2D eigenvalue weighted by molar-refractivity contribution is 7.98. The van der Waals surface area contributed by atoms with Gasteiger partial charge in [-0.3, -0.25) is 0 Å². The lowest BCUT2D eigenvalue weighted by Gasteiger charge is -2.34. The molecule has 0 spiro atoms. The van der Waals surface area contributed by atoms with E-state index in [1.807, 2.05) is 37.4 Å². The van der Waals surface area contributed by atoms with Gasteiger partial charge in [0.25, 0.3) is 0 Å². The van der Waals surface area contributed by atoms with E-state index in [0.717, 1.165) is 32.5 Å². The fourth-order valence-electron chi connectivity index (χ4n) is 2.41. The number of nitrogens with zero attached hydrogens (tertiary/aromatic N) is 1. The number of carbonyl (C=O) groups is 1. The van der Waals surface area contributed by atoms with Crippen LogP contribution >= 0.6 is 11.8 Å². The molecule has 0 aromatic carbocycles. The van der Waals surface area contributed by atoms with Crippen molar-refractivity contribution < 1.29 is 9.53 Å². The van der Waals surface area contributed by atoms with Crippen molar-refractivity contribution in [3.05, 3.63) is 0 Å². The number of ether oxygens (including phenoxy) is 1. The number of carbonyl (C=O) groups excluding carboxylic acids is 1. The van der Waals surface area contributed by atoms with Crippen molar-refractivity contribution in [2.45, 2.75) is 58.6 Å². The first-order valence-electron chi connectivity index (χ1n) is 8.02. The first-order valence-corrected chi connectivity index (χ1v) is 9.41. The molecule has 1 N–H and O–H groups in total. The lowest BCUT2D eigenvalue weighted by atomic mass is 9.96. The van der Waals surface area contributed by atoms with E-state index in [9.17, 15) is 4.79 Å². The maximum absolute atomic E-state index is 12.0. The van der Waals surface area contributed by atoms with Gasteiger partial charge in [-0.05, 0) is 71.4 Å². The standard InChI is InChI=1S/C16H32N2O2S/c1-13(8-11-21-5)17-12-14-6-9-18(10-7-14)15(19)20-16(2,3)4/h13-14,17H,6-12H2,1-5H3. The third kappa shape index (κ3) is 7.96. The zero-order valence-electron chi connectivity index (χ0n) is 14.3. The number of rotatable bonds is 6. The van der Waals surface area contributed by atoms with Crippen molar-refractivity contribution in [1.82, 2.24) is 10.2 Å². The average molecular weight is 317 g/mol. The van der Waals surface area contributed by atoms with Crippen molar-refractivity contribution in [2.24, 2.45) is 5.92 Å². The fourth-order valence-corrected chi connectivity index (χ4v) is 3.00. The molecule has 1 atom stereocenters. The molecule has 4 nitrogen and oxygen atoms in total. The van der Waals surface area contributed by atoms with Crippen LogP contribution in [0.1, 0.15) is 47.0 Å². The predicted molar refractivity (Wildman–Crippen MR) is 91.0 cm³/mol. The highest BCUT2D eigenvalue weighted by Crippen LogP contribution is 2.19. The Kier molecular flexibility index (Phi) is 7.88. The van der Waals surface area contributed by atoms with Gasteiger partial charge in [0.15, 0.2) is 0 Å². The summed E-state index contributed by atoms with van der Waals surface area (Å²) in [6, 6.07) is 0.585. The third-order valence-corrected chi connectivity index (χ3v) is 4.42. The summed E-state index contributed by atoms with van der Waals surface area (Å²) in [4.78, 5) is 13.8. The number of hydrogen-bond acceptors (Lipinski definition) is 4. The normalized spacial score (nSPS) is 18.6. The quantitative estimate of drug-likeness (QED) is 0.816. The summed E-state index contributed by atoms with van der Waals surface area (Å²) in [6.07, 6.45) is 5.35. The Hall–Kier alpha value is -0.420. The Morgan fingerprint density at radius 2 is 2.00 bits per heavy atom. The minimum Gasteiger partial charge on any atom is -0.444 e. The molecule has 0 aromatic heterocycles. The van der Waals surface area contributed by atoms with Gasteiger partial charge in [0, 0.05) is 19.1 Å². The van der Waals surface area contributed by atoms with Crippen LogP contribution in [0, 0.1) is 5.92 Å². The van der Waals surface area contributed by atoms with Crippen LogP contribution in [0.2, 0.25) is 0 Å². The largest absolute Gasteiger partial charge is 0.444 e. The summed E-state index contributed by atoms with van der Waals surface area (Å²) in [7, 11) is 0. The first kappa shape index (κ1) is 18.6. The van der Waals surface area contributed by atoms with E-state index in [1.54, 1.807) is 0 Å². The van der Waals surface area contributed by atoms with Gasteiger partial charge in [-0.2, -0.15) is 11.8 Å². The lowest BCUT2D eigenvalue weighted by Crippen LogP contribution is -2.44. The molecule has 0 radical (unpaired) electrons. The molecule has 21 heavy (non-hydrogen) atoms. The van der Waals surface area contributed by atoms with E-state index in [-0.39, 0.29) is 6.09 Å². The highest BCUT2D eigenvalue weighted by atomic mass is 32.2. The number of hydrogen-bond donors (Lipinski definition) is 1. The van der Waals surface area contributed by atoms with Gasteiger partial charge in [0.2, 0.25) is 0 Å². The van der Waals surface area contributed by atoms with Crippen LogP contribution in [-0.2, 0) is 4.74 Å². The van der Waals surface area contributed by atoms with Crippen molar-refractivity contribution in [1.29, 1.82) is 0 Å². The van der Waals surface area contributed by atoms with Crippen LogP contribution in [0.4, 0.5) is 4.79 Å². The average Bonchev–Trinajstić information content (AvgIpc) is 2.41. The van der Waals surface area contributed by atoms with Gasteiger partial charge in [-0.25, -0.2) is 4.79 Å². The molecule has 1 heterocycles. The summed E-state index contributed by atoms with van der Waals surface area (Å²) < 4.78 is 5.42.